The van der Waals surface area contributed by atoms with Crippen molar-refractivity contribution in [2.45, 2.75) is 108 Å². The van der Waals surface area contributed by atoms with Gasteiger partial charge in [-0.05, 0) is 117 Å². The van der Waals surface area contributed by atoms with E-state index in [1.54, 1.807) is 17.0 Å². The van der Waals surface area contributed by atoms with Crippen LogP contribution in [-0.2, 0) is 37.5 Å². The number of phenols is 1. The zero-order valence-electron chi connectivity index (χ0n) is 34.9. The van der Waals surface area contributed by atoms with Crippen LogP contribution in [0.5, 0.6) is 5.75 Å². The van der Waals surface area contributed by atoms with E-state index < -0.39 is 11.5 Å². The molecule has 4 heterocycles. The smallest absolute Gasteiger partial charge is 0.316 e. The molecule has 5 N–H and O–H groups in total. The number of rotatable bonds is 18. The fourth-order valence-electron chi connectivity index (χ4n) is 9.42. The molecule has 60 heavy (non-hydrogen) atoms. The van der Waals surface area contributed by atoms with Crippen LogP contribution in [0, 0.1) is 5.92 Å². The van der Waals surface area contributed by atoms with Crippen LogP contribution in [0.2, 0.25) is 0 Å². The number of pyridine rings is 1. The molecule has 3 saturated heterocycles. The van der Waals surface area contributed by atoms with E-state index in [4.69, 9.17) is 4.74 Å². The summed E-state index contributed by atoms with van der Waals surface area (Å²) in [4.78, 5) is 58.2. The summed E-state index contributed by atoms with van der Waals surface area (Å²) in [6, 6.07) is 22.0. The Bertz CT molecular complexity index is 2160. The first-order valence-corrected chi connectivity index (χ1v) is 22.0. The molecule has 12 heteroatoms. The Balaban J connectivity index is 0.788. The third kappa shape index (κ3) is 10.6. The molecule has 1 saturated carbocycles. The average molecular weight is 820 g/mol. The van der Waals surface area contributed by atoms with Crippen LogP contribution in [-0.4, -0.2) is 88.7 Å². The van der Waals surface area contributed by atoms with Gasteiger partial charge in [-0.2, -0.15) is 0 Å². The van der Waals surface area contributed by atoms with Gasteiger partial charge in [-0.3, -0.25) is 24.1 Å². The zero-order chi connectivity index (χ0) is 42.1. The van der Waals surface area contributed by atoms with Crippen molar-refractivity contribution in [1.29, 1.82) is 0 Å². The van der Waals surface area contributed by atoms with Gasteiger partial charge in [0.05, 0.1) is 17.0 Å². The lowest BCUT2D eigenvalue weighted by Crippen LogP contribution is -2.53. The first-order valence-electron chi connectivity index (χ1n) is 22.0. The summed E-state index contributed by atoms with van der Waals surface area (Å²) in [5, 5.41) is 27.7. The number of esters is 1. The highest BCUT2D eigenvalue weighted by molar-refractivity contribution is 5.90. The van der Waals surface area contributed by atoms with E-state index in [1.807, 2.05) is 31.3 Å². The number of carbonyl (C=O) groups is 3. The van der Waals surface area contributed by atoms with Gasteiger partial charge >= 0.3 is 5.97 Å². The van der Waals surface area contributed by atoms with Crippen LogP contribution in [0.15, 0.2) is 77.6 Å². The van der Waals surface area contributed by atoms with E-state index in [9.17, 15) is 29.4 Å². The highest BCUT2D eigenvalue weighted by Crippen LogP contribution is 2.42. The Morgan fingerprint density at radius 2 is 1.72 bits per heavy atom. The molecule has 3 aromatic carbocycles. The number of ether oxygens (including phenoxy) is 1. The molecule has 1 aromatic heterocycles. The number of anilines is 1. The molecule has 1 unspecified atom stereocenters. The van der Waals surface area contributed by atoms with E-state index in [1.165, 1.54) is 12.1 Å². The van der Waals surface area contributed by atoms with E-state index in [0.29, 0.717) is 60.4 Å². The second-order valence-corrected chi connectivity index (χ2v) is 17.2. The van der Waals surface area contributed by atoms with Crippen LogP contribution in [0.25, 0.3) is 10.9 Å². The maximum atomic E-state index is 14.0. The largest absolute Gasteiger partial charge is 0.506 e. The summed E-state index contributed by atoms with van der Waals surface area (Å²) >= 11 is 0. The Kier molecular flexibility index (Phi) is 14.4. The van der Waals surface area contributed by atoms with Crippen LogP contribution in [0.3, 0.4) is 0 Å². The molecule has 1 aliphatic carbocycles. The summed E-state index contributed by atoms with van der Waals surface area (Å²) in [5.74, 6) is 0.412. The molecule has 320 valence electrons. The van der Waals surface area contributed by atoms with Crippen LogP contribution in [0.4, 0.5) is 5.69 Å². The maximum absolute atomic E-state index is 14.0. The van der Waals surface area contributed by atoms with Gasteiger partial charge in [0, 0.05) is 63.2 Å². The third-order valence-electron chi connectivity index (χ3n) is 13.0. The number of nitrogens with zero attached hydrogens (tertiary/aromatic N) is 2. The Hall–Kier alpha value is -5.04. The number of hydrogen-bond donors (Lipinski definition) is 5. The van der Waals surface area contributed by atoms with Gasteiger partial charge in [-0.15, -0.1) is 0 Å². The van der Waals surface area contributed by atoms with Crippen molar-refractivity contribution in [2.24, 2.45) is 5.92 Å². The second-order valence-electron chi connectivity index (χ2n) is 17.2. The van der Waals surface area contributed by atoms with Gasteiger partial charge in [-0.25, -0.2) is 0 Å². The molecule has 2 amide bonds. The average Bonchev–Trinajstić information content (AvgIpc) is 3.26. The predicted molar refractivity (Wildman–Crippen MR) is 233 cm³/mol. The number of aromatic amines is 1. The van der Waals surface area contributed by atoms with Crippen molar-refractivity contribution in [2.75, 3.05) is 45.1 Å². The SMILES string of the molecule is CN(CCCCC(=O)Nc1ccc(CNC[C@H](O)c2ccc(O)c3[nH]c(=O)ccc23)cc1)C(=O)CCCc1cccc(C2(C(=O)OC3CN4CCC3CC4)CCCCC2)c1. The molecule has 3 aliphatic heterocycles. The van der Waals surface area contributed by atoms with Gasteiger partial charge in [0.1, 0.15) is 11.9 Å². The number of phenolic OH excluding ortho intramolecular Hbond substituents is 1. The molecule has 2 atom stereocenters. The summed E-state index contributed by atoms with van der Waals surface area (Å²) in [5.41, 5.74) is 3.88. The fourth-order valence-corrected chi connectivity index (χ4v) is 9.42. The number of benzene rings is 3. The minimum absolute atomic E-state index is 0.00855. The number of nitrogens with one attached hydrogen (secondary N) is 3. The van der Waals surface area contributed by atoms with Crippen molar-refractivity contribution in [1.82, 2.24) is 20.1 Å². The lowest BCUT2D eigenvalue weighted by molar-refractivity contribution is -0.167. The predicted octanol–water partition coefficient (Wildman–Crippen LogP) is 6.49. The van der Waals surface area contributed by atoms with Crippen molar-refractivity contribution in [3.63, 3.8) is 0 Å². The van der Waals surface area contributed by atoms with E-state index in [2.05, 4.69) is 44.8 Å². The molecule has 4 fully saturated rings. The second kappa shape index (κ2) is 20.0. The number of unbranched alkanes of at least 4 members (excludes halogenated alkanes) is 1. The van der Waals surface area contributed by atoms with Gasteiger partial charge < -0.3 is 35.5 Å². The highest BCUT2D eigenvalue weighted by atomic mass is 16.5. The normalized spacial score (nSPS) is 20.1. The number of aliphatic hydroxyl groups excluding tert-OH is 1. The summed E-state index contributed by atoms with van der Waals surface area (Å²) in [7, 11) is 1.83. The molecule has 12 nitrogen and oxygen atoms in total. The molecule has 0 radical (unpaired) electrons. The molecular weight excluding hydrogens is 759 g/mol. The number of hydrogen-bond acceptors (Lipinski definition) is 9. The lowest BCUT2D eigenvalue weighted by Gasteiger charge is -2.45. The molecule has 0 spiro atoms. The quantitative estimate of drug-likeness (QED) is 0.0558. The minimum Gasteiger partial charge on any atom is -0.506 e. The summed E-state index contributed by atoms with van der Waals surface area (Å²) in [6.07, 6.45) is 9.94. The zero-order valence-corrected chi connectivity index (χ0v) is 34.9. The molecular formula is C48H61N5O7. The van der Waals surface area contributed by atoms with Gasteiger partial charge in [0.25, 0.3) is 0 Å². The van der Waals surface area contributed by atoms with Crippen molar-refractivity contribution in [3.05, 3.63) is 105 Å². The Labute approximate surface area is 352 Å². The Morgan fingerprint density at radius 3 is 2.47 bits per heavy atom. The van der Waals surface area contributed by atoms with Gasteiger partial charge in [0.2, 0.25) is 17.4 Å². The highest BCUT2D eigenvalue weighted by Gasteiger charge is 2.46. The fraction of sp³-hybridized carbons (Fsp3) is 0.500. The van der Waals surface area contributed by atoms with Crippen LogP contribution >= 0.6 is 0 Å². The monoisotopic (exact) mass is 819 g/mol. The molecule has 4 aromatic rings. The number of amides is 2. The van der Waals surface area contributed by atoms with Crippen LogP contribution < -0.4 is 16.2 Å². The number of fused-ring (bicyclic) bond motifs is 4. The number of carbonyl (C=O) groups excluding carboxylic acids is 3. The van der Waals surface area contributed by atoms with Crippen molar-refractivity contribution >= 4 is 34.4 Å². The number of aliphatic hydroxyl groups is 1. The number of aryl methyl sites for hydroxylation is 1. The summed E-state index contributed by atoms with van der Waals surface area (Å²) < 4.78 is 6.35. The maximum Gasteiger partial charge on any atom is 0.316 e. The first kappa shape index (κ1) is 43.1. The molecule has 2 bridgehead atoms. The number of piperidine rings is 3. The van der Waals surface area contributed by atoms with Gasteiger partial charge in [0.15, 0.2) is 0 Å². The Morgan fingerprint density at radius 1 is 0.933 bits per heavy atom. The van der Waals surface area contributed by atoms with E-state index in [0.717, 1.165) is 101 Å². The van der Waals surface area contributed by atoms with Crippen molar-refractivity contribution < 1.29 is 29.3 Å². The van der Waals surface area contributed by atoms with Crippen molar-refractivity contribution in [3.8, 4) is 5.75 Å². The number of H-pyrrole nitrogens is 1. The first-order chi connectivity index (χ1) is 29.1. The third-order valence-corrected chi connectivity index (χ3v) is 13.0. The summed E-state index contributed by atoms with van der Waals surface area (Å²) in [6.45, 7) is 4.45. The topological polar surface area (TPSA) is 164 Å². The number of aromatic hydroxyl groups is 1. The van der Waals surface area contributed by atoms with Gasteiger partial charge in [-0.1, -0.05) is 61.7 Å². The molecule has 4 aliphatic rings. The van der Waals surface area contributed by atoms with E-state index in [-0.39, 0.29) is 41.7 Å². The van der Waals surface area contributed by atoms with Crippen LogP contribution in [0.1, 0.15) is 105 Å². The minimum atomic E-state index is -0.858. The standard InChI is InChI=1S/C48H61N5O7/c1-52(45(58)13-8-10-33-9-7-11-36(29-33)48(24-4-2-5-25-48)47(59)60-42-32-53-27-22-35(42)23-28-53)26-6-3-12-43(56)50-37-16-14-34(15-17-37)30-49-31-41(55)38-18-20-40(54)46-39(38)19-21-44(57)51-46/h7,9,11,14-21,29,35,41-42,49,54-55H,2-6,8,10,12-13,22-28,30-32H2,1H3,(H,50,56)(H,51,57)/t41-,42?/m0/s1. The number of aromatic nitrogens is 1. The van der Waals surface area contributed by atoms with E-state index >= 15 is 0 Å². The lowest BCUT2D eigenvalue weighted by atomic mass is 9.69. The molecule has 8 rings (SSSR count).